The quantitative estimate of drug-likeness (QED) is 0.630. The van der Waals surface area contributed by atoms with E-state index < -0.39 is 0 Å². The zero-order valence-electron chi connectivity index (χ0n) is 12.5. The fourth-order valence-corrected chi connectivity index (χ4v) is 4.64. The van der Waals surface area contributed by atoms with Crippen molar-refractivity contribution < 1.29 is 0 Å². The topological polar surface area (TPSA) is 0 Å². The van der Waals surface area contributed by atoms with Crippen LogP contribution in [0.4, 0.5) is 0 Å². The Hall–Kier alpha value is -1.04. The Morgan fingerprint density at radius 2 is 1.47 bits per heavy atom. The highest BCUT2D eigenvalue weighted by atomic mass is 14.4. The molecule has 3 aliphatic carbocycles. The van der Waals surface area contributed by atoms with Gasteiger partial charge in [-0.2, -0.15) is 0 Å². The number of fused-ring (bicyclic) bond motifs is 6. The molecule has 1 aromatic carbocycles. The van der Waals surface area contributed by atoms with Crippen LogP contribution in [0, 0.1) is 5.41 Å². The van der Waals surface area contributed by atoms with Gasteiger partial charge in [-0.25, -0.2) is 0 Å². The summed E-state index contributed by atoms with van der Waals surface area (Å²) >= 11 is 0. The molecule has 0 fully saturated rings. The monoisotopic (exact) mass is 252 g/mol. The summed E-state index contributed by atoms with van der Waals surface area (Å²) in [6.45, 7) is 7.20. The van der Waals surface area contributed by atoms with Gasteiger partial charge in [-0.05, 0) is 90.7 Å². The van der Waals surface area contributed by atoms with Crippen LogP contribution < -0.4 is 0 Å². The molecule has 0 unspecified atom stereocenters. The van der Waals surface area contributed by atoms with Gasteiger partial charge in [-0.1, -0.05) is 25.5 Å². The molecule has 19 heavy (non-hydrogen) atoms. The normalized spacial score (nSPS) is 22.8. The second-order valence-electron chi connectivity index (χ2n) is 7.70. The molecule has 0 saturated heterocycles. The molecule has 0 heteroatoms. The molecule has 0 spiro atoms. The Kier molecular flexibility index (Phi) is 2.32. The van der Waals surface area contributed by atoms with Crippen LogP contribution in [-0.4, -0.2) is 0 Å². The predicted octanol–water partition coefficient (Wildman–Crippen LogP) is 4.65. The maximum Gasteiger partial charge on any atom is -0.00577 e. The number of allylic oxidation sites excluding steroid dienone is 1. The van der Waals surface area contributed by atoms with E-state index in [2.05, 4.69) is 26.8 Å². The molecule has 0 radical (unpaired) electrons. The summed E-state index contributed by atoms with van der Waals surface area (Å²) in [5.41, 5.74) is 12.4. The van der Waals surface area contributed by atoms with Crippen molar-refractivity contribution in [3.8, 4) is 0 Å². The minimum absolute atomic E-state index is 0.485. The van der Waals surface area contributed by atoms with Crippen molar-refractivity contribution in [3.05, 3.63) is 39.0 Å². The second-order valence-corrected chi connectivity index (χ2v) is 7.70. The van der Waals surface area contributed by atoms with Crippen LogP contribution in [0.15, 0.2) is 5.57 Å². The second kappa shape index (κ2) is 3.75. The van der Waals surface area contributed by atoms with Crippen LogP contribution in [0.1, 0.15) is 67.0 Å². The first-order chi connectivity index (χ1) is 9.05. The zero-order valence-corrected chi connectivity index (χ0v) is 12.5. The molecular formula is C19H24. The van der Waals surface area contributed by atoms with Crippen molar-refractivity contribution in [2.45, 2.75) is 65.7 Å². The van der Waals surface area contributed by atoms with E-state index >= 15 is 0 Å². The van der Waals surface area contributed by atoms with E-state index in [4.69, 9.17) is 0 Å². The van der Waals surface area contributed by atoms with Gasteiger partial charge in [-0.3, -0.25) is 0 Å². The molecule has 0 amide bonds. The molecule has 0 aromatic heterocycles. The van der Waals surface area contributed by atoms with E-state index in [9.17, 15) is 0 Å². The van der Waals surface area contributed by atoms with Gasteiger partial charge in [0.25, 0.3) is 0 Å². The van der Waals surface area contributed by atoms with Crippen LogP contribution in [0.3, 0.4) is 0 Å². The minimum atomic E-state index is 0.485. The van der Waals surface area contributed by atoms with Crippen LogP contribution >= 0.6 is 0 Å². The standard InChI is InChI=1S/C19H24/c1-12-8-15-13-6-4-5-7-14(13)17-10-19(2,3)11-18(17)16(15)9-12/h8H,4-7,9-11H2,1-3H3. The summed E-state index contributed by atoms with van der Waals surface area (Å²) in [7, 11) is 0. The van der Waals surface area contributed by atoms with Crippen molar-refractivity contribution >= 4 is 6.08 Å². The van der Waals surface area contributed by atoms with Gasteiger partial charge < -0.3 is 0 Å². The largest absolute Gasteiger partial charge is 0.0683 e. The first-order valence-electron chi connectivity index (χ1n) is 7.91. The van der Waals surface area contributed by atoms with Gasteiger partial charge in [-0.15, -0.1) is 0 Å². The van der Waals surface area contributed by atoms with Crippen molar-refractivity contribution in [3.63, 3.8) is 0 Å². The molecular weight excluding hydrogens is 228 g/mol. The number of rotatable bonds is 0. The lowest BCUT2D eigenvalue weighted by atomic mass is 9.81. The molecule has 100 valence electrons. The Balaban J connectivity index is 1.99. The summed E-state index contributed by atoms with van der Waals surface area (Å²) < 4.78 is 0. The van der Waals surface area contributed by atoms with E-state index in [1.54, 1.807) is 39.0 Å². The number of benzene rings is 1. The SMILES string of the molecule is CC1=Cc2c3c(c4c(c2C1)CC(C)(C)C4)CCCC3. The Labute approximate surface area is 116 Å². The summed E-state index contributed by atoms with van der Waals surface area (Å²) in [6.07, 6.45) is 11.8. The number of hydrogen-bond donors (Lipinski definition) is 0. The van der Waals surface area contributed by atoms with Crippen LogP contribution in [-0.2, 0) is 32.1 Å². The summed E-state index contributed by atoms with van der Waals surface area (Å²) in [5, 5.41) is 0. The van der Waals surface area contributed by atoms with E-state index in [1.807, 2.05) is 0 Å². The molecule has 4 rings (SSSR count). The van der Waals surface area contributed by atoms with E-state index in [0.29, 0.717) is 5.41 Å². The van der Waals surface area contributed by atoms with Crippen LogP contribution in [0.25, 0.3) is 6.08 Å². The Morgan fingerprint density at radius 3 is 2.21 bits per heavy atom. The molecule has 1 aromatic rings. The summed E-state index contributed by atoms with van der Waals surface area (Å²) in [5.74, 6) is 0. The van der Waals surface area contributed by atoms with Crippen LogP contribution in [0.5, 0.6) is 0 Å². The summed E-state index contributed by atoms with van der Waals surface area (Å²) in [4.78, 5) is 0. The fourth-order valence-electron chi connectivity index (χ4n) is 4.64. The van der Waals surface area contributed by atoms with Crippen molar-refractivity contribution in [1.82, 2.24) is 0 Å². The average molecular weight is 252 g/mol. The highest BCUT2D eigenvalue weighted by molar-refractivity contribution is 5.72. The molecule has 0 aliphatic heterocycles. The molecule has 0 saturated carbocycles. The van der Waals surface area contributed by atoms with Crippen LogP contribution in [0.2, 0.25) is 0 Å². The highest BCUT2D eigenvalue weighted by Gasteiger charge is 2.36. The Bertz CT molecular complexity index is 599. The molecule has 0 nitrogen and oxygen atoms in total. The Morgan fingerprint density at radius 1 is 0.842 bits per heavy atom. The maximum absolute atomic E-state index is 2.49. The van der Waals surface area contributed by atoms with Gasteiger partial charge in [0.2, 0.25) is 0 Å². The van der Waals surface area contributed by atoms with Crippen molar-refractivity contribution in [2.24, 2.45) is 5.41 Å². The van der Waals surface area contributed by atoms with Crippen molar-refractivity contribution in [1.29, 1.82) is 0 Å². The molecule has 0 bridgehead atoms. The van der Waals surface area contributed by atoms with Gasteiger partial charge in [0.1, 0.15) is 0 Å². The number of hydrogen-bond acceptors (Lipinski definition) is 0. The lowest BCUT2D eigenvalue weighted by Crippen LogP contribution is -2.11. The summed E-state index contributed by atoms with van der Waals surface area (Å²) in [6, 6.07) is 0. The maximum atomic E-state index is 2.49. The van der Waals surface area contributed by atoms with E-state index in [1.165, 1.54) is 44.9 Å². The third kappa shape index (κ3) is 1.65. The molecule has 3 aliphatic rings. The fraction of sp³-hybridized carbons (Fsp3) is 0.579. The molecule has 0 atom stereocenters. The predicted molar refractivity (Wildman–Crippen MR) is 81.6 cm³/mol. The smallest absolute Gasteiger partial charge is 0.00577 e. The van der Waals surface area contributed by atoms with Crippen molar-refractivity contribution in [2.75, 3.05) is 0 Å². The highest BCUT2D eigenvalue weighted by Crippen LogP contribution is 2.46. The third-order valence-electron chi connectivity index (χ3n) is 5.37. The van der Waals surface area contributed by atoms with E-state index in [0.717, 1.165) is 0 Å². The first-order valence-corrected chi connectivity index (χ1v) is 7.91. The van der Waals surface area contributed by atoms with Gasteiger partial charge in [0.05, 0.1) is 0 Å². The minimum Gasteiger partial charge on any atom is -0.0683 e. The van der Waals surface area contributed by atoms with Gasteiger partial charge >= 0.3 is 0 Å². The average Bonchev–Trinajstić information content (AvgIpc) is 2.89. The van der Waals surface area contributed by atoms with Gasteiger partial charge in [0.15, 0.2) is 0 Å². The lowest BCUT2D eigenvalue weighted by Gasteiger charge is -2.23. The third-order valence-corrected chi connectivity index (χ3v) is 5.37. The molecule has 0 heterocycles. The van der Waals surface area contributed by atoms with Gasteiger partial charge in [0, 0.05) is 0 Å². The lowest BCUT2D eigenvalue weighted by molar-refractivity contribution is 0.391. The first kappa shape index (κ1) is 11.8. The zero-order chi connectivity index (χ0) is 13.2. The molecule has 0 N–H and O–H groups in total. The van der Waals surface area contributed by atoms with E-state index in [-0.39, 0.29) is 0 Å².